The van der Waals surface area contributed by atoms with Gasteiger partial charge in [-0.15, -0.1) is 0 Å². The SMILES string of the molecule is COCCC1(c2ccc(F)cc2)CCN(C(C)c2ccc(-c3ccc(F)cc3F)cc2)C(=O)O1. The molecule has 7 heteroatoms. The first-order chi connectivity index (χ1) is 16.3. The van der Waals surface area contributed by atoms with Gasteiger partial charge in [0, 0.05) is 38.1 Å². The van der Waals surface area contributed by atoms with E-state index in [4.69, 9.17) is 9.47 Å². The summed E-state index contributed by atoms with van der Waals surface area (Å²) in [5, 5.41) is 0. The molecule has 2 atom stereocenters. The fourth-order valence-corrected chi connectivity index (χ4v) is 4.41. The molecular weight excluding hydrogens is 443 g/mol. The van der Waals surface area contributed by atoms with Crippen molar-refractivity contribution in [1.29, 1.82) is 0 Å². The van der Waals surface area contributed by atoms with Crippen LogP contribution in [0.15, 0.2) is 66.7 Å². The minimum Gasteiger partial charge on any atom is -0.438 e. The fraction of sp³-hybridized carbons (Fsp3) is 0.296. The van der Waals surface area contributed by atoms with Gasteiger partial charge in [0.15, 0.2) is 0 Å². The van der Waals surface area contributed by atoms with E-state index in [2.05, 4.69) is 0 Å². The number of carbonyl (C=O) groups excluding carboxylic acids is 1. The summed E-state index contributed by atoms with van der Waals surface area (Å²) in [7, 11) is 1.58. The van der Waals surface area contributed by atoms with Crippen LogP contribution >= 0.6 is 0 Å². The second kappa shape index (κ2) is 9.89. The normalized spacial score (nSPS) is 19.1. The van der Waals surface area contributed by atoms with Crippen LogP contribution in [0.25, 0.3) is 11.1 Å². The van der Waals surface area contributed by atoms with Gasteiger partial charge >= 0.3 is 6.09 Å². The maximum Gasteiger partial charge on any atom is 0.411 e. The number of benzene rings is 3. The number of cyclic esters (lactones) is 1. The van der Waals surface area contributed by atoms with Crippen LogP contribution in [0, 0.1) is 17.5 Å². The van der Waals surface area contributed by atoms with Gasteiger partial charge in [0.2, 0.25) is 0 Å². The number of ether oxygens (including phenoxy) is 2. The molecule has 34 heavy (non-hydrogen) atoms. The molecule has 0 saturated carbocycles. The van der Waals surface area contributed by atoms with E-state index in [-0.39, 0.29) is 11.9 Å². The molecule has 4 rings (SSSR count). The third-order valence-corrected chi connectivity index (χ3v) is 6.46. The summed E-state index contributed by atoms with van der Waals surface area (Å²) >= 11 is 0. The van der Waals surface area contributed by atoms with E-state index in [0.717, 1.165) is 17.2 Å². The Morgan fingerprint density at radius 2 is 1.68 bits per heavy atom. The maximum absolute atomic E-state index is 14.1. The van der Waals surface area contributed by atoms with Crippen LogP contribution < -0.4 is 0 Å². The molecule has 1 aliphatic rings. The molecule has 0 N–H and O–H groups in total. The molecule has 1 amide bonds. The van der Waals surface area contributed by atoms with Crippen molar-refractivity contribution >= 4 is 6.09 Å². The zero-order valence-corrected chi connectivity index (χ0v) is 19.1. The quantitative estimate of drug-likeness (QED) is 0.391. The number of hydrogen-bond donors (Lipinski definition) is 0. The Balaban J connectivity index is 1.52. The molecule has 1 heterocycles. The van der Waals surface area contributed by atoms with E-state index in [1.807, 2.05) is 19.1 Å². The zero-order chi connectivity index (χ0) is 24.3. The van der Waals surface area contributed by atoms with E-state index in [1.165, 1.54) is 24.3 Å². The number of halogens is 3. The van der Waals surface area contributed by atoms with E-state index in [0.29, 0.717) is 37.1 Å². The van der Waals surface area contributed by atoms with Crippen LogP contribution in [0.4, 0.5) is 18.0 Å². The minimum absolute atomic E-state index is 0.284. The Morgan fingerprint density at radius 3 is 2.29 bits per heavy atom. The summed E-state index contributed by atoms with van der Waals surface area (Å²) in [5.41, 5.74) is 1.62. The van der Waals surface area contributed by atoms with Crippen molar-refractivity contribution in [2.24, 2.45) is 0 Å². The summed E-state index contributed by atoms with van der Waals surface area (Å²) < 4.78 is 52.0. The van der Waals surface area contributed by atoms with Gasteiger partial charge in [0.05, 0.1) is 12.6 Å². The highest BCUT2D eigenvalue weighted by Gasteiger charge is 2.43. The van der Waals surface area contributed by atoms with Gasteiger partial charge in [-0.05, 0) is 47.9 Å². The Bertz CT molecular complexity index is 1150. The summed E-state index contributed by atoms with van der Waals surface area (Å²) in [5.74, 6) is -1.61. The van der Waals surface area contributed by atoms with E-state index in [1.54, 1.807) is 36.3 Å². The topological polar surface area (TPSA) is 38.8 Å². The first-order valence-corrected chi connectivity index (χ1v) is 11.1. The van der Waals surface area contributed by atoms with Crippen LogP contribution in [0.2, 0.25) is 0 Å². The van der Waals surface area contributed by atoms with Crippen molar-refractivity contribution in [1.82, 2.24) is 4.90 Å². The third kappa shape index (κ3) is 4.80. The predicted octanol–water partition coefficient (Wildman–Crippen LogP) is 6.61. The zero-order valence-electron chi connectivity index (χ0n) is 19.1. The third-order valence-electron chi connectivity index (χ3n) is 6.46. The lowest BCUT2D eigenvalue weighted by atomic mass is 9.85. The lowest BCUT2D eigenvalue weighted by Crippen LogP contribution is -2.49. The average Bonchev–Trinajstić information content (AvgIpc) is 2.83. The van der Waals surface area contributed by atoms with Gasteiger partial charge in [-0.25, -0.2) is 18.0 Å². The second-order valence-electron chi connectivity index (χ2n) is 8.48. The Labute approximate surface area is 196 Å². The molecular formula is C27H26F3NO3. The highest BCUT2D eigenvalue weighted by Crippen LogP contribution is 2.40. The molecule has 1 aliphatic heterocycles. The number of nitrogens with zero attached hydrogens (tertiary/aromatic N) is 1. The molecule has 0 bridgehead atoms. The molecule has 4 nitrogen and oxygen atoms in total. The van der Waals surface area contributed by atoms with Crippen LogP contribution in [0.3, 0.4) is 0 Å². The standard InChI is InChI=1S/C27H26F3NO3/c1-18(19-3-5-20(6-4-19)24-12-11-23(29)17-25(24)30)31-15-13-27(14-16-33-2,34-26(31)32)21-7-9-22(28)10-8-21/h3-12,17-18H,13-16H2,1-2H3. The lowest BCUT2D eigenvalue weighted by molar-refractivity contribution is -0.0743. The Kier molecular flexibility index (Phi) is 6.93. The molecule has 178 valence electrons. The molecule has 0 aromatic heterocycles. The van der Waals surface area contributed by atoms with E-state index in [9.17, 15) is 18.0 Å². The fourth-order valence-electron chi connectivity index (χ4n) is 4.41. The highest BCUT2D eigenvalue weighted by atomic mass is 19.1. The Morgan fingerprint density at radius 1 is 1.00 bits per heavy atom. The molecule has 3 aromatic rings. The molecule has 0 spiro atoms. The molecule has 0 radical (unpaired) electrons. The molecule has 3 aromatic carbocycles. The minimum atomic E-state index is -0.888. The molecule has 0 aliphatic carbocycles. The number of carbonyl (C=O) groups is 1. The monoisotopic (exact) mass is 469 g/mol. The predicted molar refractivity (Wildman–Crippen MR) is 123 cm³/mol. The molecule has 2 unspecified atom stereocenters. The van der Waals surface area contributed by atoms with Gasteiger partial charge in [-0.1, -0.05) is 36.4 Å². The van der Waals surface area contributed by atoms with Crippen molar-refractivity contribution in [3.8, 4) is 11.1 Å². The highest BCUT2D eigenvalue weighted by molar-refractivity contribution is 5.70. The van der Waals surface area contributed by atoms with Crippen molar-refractivity contribution in [3.05, 3.63) is 95.3 Å². The van der Waals surface area contributed by atoms with Gasteiger partial charge in [-0.3, -0.25) is 0 Å². The largest absolute Gasteiger partial charge is 0.438 e. The van der Waals surface area contributed by atoms with Crippen LogP contribution in [-0.2, 0) is 15.1 Å². The van der Waals surface area contributed by atoms with Gasteiger partial charge in [-0.2, -0.15) is 0 Å². The number of hydrogen-bond acceptors (Lipinski definition) is 3. The van der Waals surface area contributed by atoms with Gasteiger partial charge < -0.3 is 14.4 Å². The van der Waals surface area contributed by atoms with Gasteiger partial charge in [0.1, 0.15) is 23.1 Å². The van der Waals surface area contributed by atoms with E-state index >= 15 is 0 Å². The maximum atomic E-state index is 14.1. The first kappa shape index (κ1) is 23.8. The second-order valence-corrected chi connectivity index (χ2v) is 8.48. The summed E-state index contributed by atoms with van der Waals surface area (Å²) in [6, 6.07) is 16.3. The van der Waals surface area contributed by atoms with Gasteiger partial charge in [0.25, 0.3) is 0 Å². The first-order valence-electron chi connectivity index (χ1n) is 11.1. The van der Waals surface area contributed by atoms with Crippen molar-refractivity contribution in [2.45, 2.75) is 31.4 Å². The lowest BCUT2D eigenvalue weighted by Gasteiger charge is -2.43. The van der Waals surface area contributed by atoms with Crippen LogP contribution in [0.1, 0.15) is 36.9 Å². The Hall–Kier alpha value is -3.32. The van der Waals surface area contributed by atoms with Crippen molar-refractivity contribution < 1.29 is 27.4 Å². The number of amides is 1. The summed E-state index contributed by atoms with van der Waals surface area (Å²) in [4.78, 5) is 14.7. The van der Waals surface area contributed by atoms with E-state index < -0.39 is 23.3 Å². The molecule has 1 saturated heterocycles. The molecule has 1 fully saturated rings. The summed E-state index contributed by atoms with van der Waals surface area (Å²) in [6.07, 6.45) is 0.519. The summed E-state index contributed by atoms with van der Waals surface area (Å²) in [6.45, 7) is 2.73. The van der Waals surface area contributed by atoms with Crippen molar-refractivity contribution in [2.75, 3.05) is 20.3 Å². The van der Waals surface area contributed by atoms with Crippen LogP contribution in [0.5, 0.6) is 0 Å². The smallest absolute Gasteiger partial charge is 0.411 e. The number of rotatable bonds is 7. The van der Waals surface area contributed by atoms with Crippen LogP contribution in [-0.4, -0.2) is 31.3 Å². The van der Waals surface area contributed by atoms with Crippen molar-refractivity contribution in [3.63, 3.8) is 0 Å². The average molecular weight is 470 g/mol. The number of methoxy groups -OCH3 is 1.